The van der Waals surface area contributed by atoms with Gasteiger partial charge in [0.05, 0.1) is 26.1 Å². The van der Waals surface area contributed by atoms with E-state index in [1.54, 1.807) is 49.4 Å². The van der Waals surface area contributed by atoms with Crippen LogP contribution in [0.1, 0.15) is 30.9 Å². The van der Waals surface area contributed by atoms with E-state index >= 15 is 0 Å². The lowest BCUT2D eigenvalue weighted by Gasteiger charge is -2.31. The van der Waals surface area contributed by atoms with Gasteiger partial charge in [0.15, 0.2) is 0 Å². The Kier molecular flexibility index (Phi) is 8.10. The van der Waals surface area contributed by atoms with Gasteiger partial charge in [0.1, 0.15) is 10.6 Å². The Balaban J connectivity index is 1.67. The van der Waals surface area contributed by atoms with Crippen LogP contribution in [0.15, 0.2) is 47.4 Å². The molecule has 33 heavy (non-hydrogen) atoms. The van der Waals surface area contributed by atoms with Gasteiger partial charge in [0, 0.05) is 18.8 Å². The van der Waals surface area contributed by atoms with E-state index in [0.717, 1.165) is 11.1 Å². The van der Waals surface area contributed by atoms with Crippen molar-refractivity contribution in [1.82, 2.24) is 4.31 Å². The predicted octanol–water partition coefficient (Wildman–Crippen LogP) is 3.15. The molecule has 0 spiro atoms. The monoisotopic (exact) mass is 474 g/mol. The van der Waals surface area contributed by atoms with E-state index in [1.807, 2.05) is 6.92 Å². The molecular formula is C24H30N2O6S. The van der Waals surface area contributed by atoms with E-state index < -0.39 is 15.9 Å². The average Bonchev–Trinajstić information content (AvgIpc) is 2.80. The Hall–Kier alpha value is -2.91. The number of rotatable bonds is 8. The highest BCUT2D eigenvalue weighted by molar-refractivity contribution is 7.89. The van der Waals surface area contributed by atoms with Gasteiger partial charge in [-0.15, -0.1) is 0 Å². The van der Waals surface area contributed by atoms with Crippen molar-refractivity contribution in [2.24, 2.45) is 5.92 Å². The van der Waals surface area contributed by atoms with Crippen LogP contribution >= 0.6 is 0 Å². The van der Waals surface area contributed by atoms with E-state index in [9.17, 15) is 18.0 Å². The highest BCUT2D eigenvalue weighted by Crippen LogP contribution is 2.31. The van der Waals surface area contributed by atoms with Crippen LogP contribution in [0, 0.1) is 12.8 Å². The Morgan fingerprint density at radius 2 is 1.88 bits per heavy atom. The number of sulfonamides is 1. The van der Waals surface area contributed by atoms with Crippen molar-refractivity contribution in [2.45, 2.75) is 38.0 Å². The summed E-state index contributed by atoms with van der Waals surface area (Å²) in [5, 5.41) is 2.86. The van der Waals surface area contributed by atoms with E-state index in [1.165, 1.54) is 11.4 Å². The highest BCUT2D eigenvalue weighted by atomic mass is 32.2. The van der Waals surface area contributed by atoms with Crippen molar-refractivity contribution < 1.29 is 27.5 Å². The van der Waals surface area contributed by atoms with Gasteiger partial charge in [0.2, 0.25) is 15.9 Å². The molecule has 9 heteroatoms. The zero-order valence-corrected chi connectivity index (χ0v) is 20.0. The molecule has 1 atom stereocenters. The van der Waals surface area contributed by atoms with Gasteiger partial charge in [-0.25, -0.2) is 8.42 Å². The second-order valence-corrected chi connectivity index (χ2v) is 9.93. The van der Waals surface area contributed by atoms with E-state index in [-0.39, 0.29) is 35.5 Å². The van der Waals surface area contributed by atoms with Gasteiger partial charge in [-0.05, 0) is 62.1 Å². The van der Waals surface area contributed by atoms with Gasteiger partial charge in [0.25, 0.3) is 0 Å². The highest BCUT2D eigenvalue weighted by Gasteiger charge is 2.35. The molecule has 0 unspecified atom stereocenters. The summed E-state index contributed by atoms with van der Waals surface area (Å²) in [5.74, 6) is -0.717. The minimum Gasteiger partial charge on any atom is -0.495 e. The van der Waals surface area contributed by atoms with Crippen LogP contribution in [-0.2, 0) is 30.8 Å². The quantitative estimate of drug-likeness (QED) is 0.590. The predicted molar refractivity (Wildman–Crippen MR) is 125 cm³/mol. The molecule has 1 saturated heterocycles. The first kappa shape index (κ1) is 24.7. The van der Waals surface area contributed by atoms with Gasteiger partial charge < -0.3 is 14.8 Å². The maximum absolute atomic E-state index is 13.3. The zero-order chi connectivity index (χ0) is 24.0. The number of anilines is 1. The standard InChI is InChI=1S/C24H30N2O6S/c1-4-32-23(27)15-18-8-10-20(11-9-18)25-24(28)19-6-5-13-26(16-19)33(29,30)22-14-17(2)7-12-21(22)31-3/h7-12,14,19H,4-6,13,15-16H2,1-3H3,(H,25,28)/t19-/m0/s1. The number of nitrogens with one attached hydrogen (secondary N) is 1. The lowest BCUT2D eigenvalue weighted by atomic mass is 9.98. The molecule has 0 bridgehead atoms. The molecule has 1 fully saturated rings. The Morgan fingerprint density at radius 1 is 1.15 bits per heavy atom. The smallest absolute Gasteiger partial charge is 0.310 e. The number of nitrogens with zero attached hydrogens (tertiary/aromatic N) is 1. The molecule has 1 amide bonds. The third-order valence-electron chi connectivity index (χ3n) is 5.57. The topological polar surface area (TPSA) is 102 Å². The fourth-order valence-electron chi connectivity index (χ4n) is 3.83. The van der Waals surface area contributed by atoms with Gasteiger partial charge in [-0.3, -0.25) is 9.59 Å². The maximum Gasteiger partial charge on any atom is 0.310 e. The Bertz CT molecular complexity index is 1100. The largest absolute Gasteiger partial charge is 0.495 e. The molecular weight excluding hydrogens is 444 g/mol. The fourth-order valence-corrected chi connectivity index (χ4v) is 5.59. The number of ether oxygens (including phenoxy) is 2. The summed E-state index contributed by atoms with van der Waals surface area (Å²) in [6.07, 6.45) is 1.35. The minimum atomic E-state index is -3.80. The lowest BCUT2D eigenvalue weighted by molar-refractivity contribution is -0.142. The number of aryl methyl sites for hydroxylation is 1. The summed E-state index contributed by atoms with van der Waals surface area (Å²) in [6.45, 7) is 4.37. The van der Waals surface area contributed by atoms with Crippen LogP contribution in [0.4, 0.5) is 5.69 Å². The number of hydrogen-bond acceptors (Lipinski definition) is 6. The summed E-state index contributed by atoms with van der Waals surface area (Å²) < 4.78 is 38.2. The van der Waals surface area contributed by atoms with Gasteiger partial charge in [-0.2, -0.15) is 4.31 Å². The molecule has 1 heterocycles. The summed E-state index contributed by atoms with van der Waals surface area (Å²) >= 11 is 0. The molecule has 3 rings (SSSR count). The Morgan fingerprint density at radius 3 is 2.55 bits per heavy atom. The van der Waals surface area contributed by atoms with Gasteiger partial charge >= 0.3 is 5.97 Å². The van der Waals surface area contributed by atoms with Crippen LogP contribution in [0.5, 0.6) is 5.75 Å². The van der Waals surface area contributed by atoms with Crippen molar-refractivity contribution in [3.05, 3.63) is 53.6 Å². The summed E-state index contributed by atoms with van der Waals surface area (Å²) in [5.41, 5.74) is 2.19. The molecule has 0 aromatic heterocycles. The molecule has 1 aliphatic heterocycles. The van der Waals surface area contributed by atoms with Crippen LogP contribution in [0.25, 0.3) is 0 Å². The van der Waals surface area contributed by atoms with Crippen LogP contribution < -0.4 is 10.1 Å². The van der Waals surface area contributed by atoms with Crippen molar-refractivity contribution in [2.75, 3.05) is 32.1 Å². The number of methoxy groups -OCH3 is 1. The molecule has 0 aliphatic carbocycles. The number of amides is 1. The summed E-state index contributed by atoms with van der Waals surface area (Å²) in [6, 6.07) is 12.0. The van der Waals surface area contributed by atoms with Crippen molar-refractivity contribution in [1.29, 1.82) is 0 Å². The lowest BCUT2D eigenvalue weighted by Crippen LogP contribution is -2.43. The van der Waals surface area contributed by atoms with Crippen LogP contribution in [0.3, 0.4) is 0 Å². The van der Waals surface area contributed by atoms with E-state index in [4.69, 9.17) is 9.47 Å². The van der Waals surface area contributed by atoms with Gasteiger partial charge in [-0.1, -0.05) is 18.2 Å². The first-order valence-corrected chi connectivity index (χ1v) is 12.4. The normalized spacial score (nSPS) is 16.8. The number of carbonyl (C=O) groups excluding carboxylic acids is 2. The van der Waals surface area contributed by atoms with E-state index in [2.05, 4.69) is 5.32 Å². The number of carbonyl (C=O) groups is 2. The summed E-state index contributed by atoms with van der Waals surface area (Å²) in [7, 11) is -2.37. The first-order chi connectivity index (χ1) is 15.7. The fraction of sp³-hybridized carbons (Fsp3) is 0.417. The molecule has 178 valence electrons. The number of esters is 1. The Labute approximate surface area is 194 Å². The zero-order valence-electron chi connectivity index (χ0n) is 19.2. The molecule has 8 nitrogen and oxygen atoms in total. The van der Waals surface area contributed by atoms with Crippen molar-refractivity contribution in [3.8, 4) is 5.75 Å². The third-order valence-corrected chi connectivity index (χ3v) is 7.45. The number of hydrogen-bond donors (Lipinski definition) is 1. The molecule has 2 aromatic rings. The van der Waals surface area contributed by atoms with Crippen LogP contribution in [-0.4, -0.2) is 51.4 Å². The molecule has 2 aromatic carbocycles. The van der Waals surface area contributed by atoms with Crippen molar-refractivity contribution >= 4 is 27.6 Å². The second kappa shape index (κ2) is 10.8. The molecule has 0 saturated carbocycles. The molecule has 1 N–H and O–H groups in total. The second-order valence-electron chi connectivity index (χ2n) is 8.02. The SMILES string of the molecule is CCOC(=O)Cc1ccc(NC(=O)[C@H]2CCCN(S(=O)(=O)c3cc(C)ccc3OC)C2)cc1. The first-order valence-electron chi connectivity index (χ1n) is 10.9. The third kappa shape index (κ3) is 6.11. The number of piperidine rings is 1. The maximum atomic E-state index is 13.3. The molecule has 1 aliphatic rings. The van der Waals surface area contributed by atoms with E-state index in [0.29, 0.717) is 31.7 Å². The number of benzene rings is 2. The molecule has 0 radical (unpaired) electrons. The average molecular weight is 475 g/mol. The summed E-state index contributed by atoms with van der Waals surface area (Å²) in [4.78, 5) is 24.6. The van der Waals surface area contributed by atoms with Crippen molar-refractivity contribution in [3.63, 3.8) is 0 Å². The van der Waals surface area contributed by atoms with Crippen LogP contribution in [0.2, 0.25) is 0 Å². The minimum absolute atomic E-state index is 0.103.